The van der Waals surface area contributed by atoms with Crippen LogP contribution in [0.5, 0.6) is 0 Å². The summed E-state index contributed by atoms with van der Waals surface area (Å²) in [4.78, 5) is 36.2. The Bertz CT molecular complexity index is 948. The molecule has 2 rings (SSSR count). The van der Waals surface area contributed by atoms with E-state index in [0.29, 0.717) is 23.2 Å². The smallest absolute Gasteiger partial charge is 0.269 e. The van der Waals surface area contributed by atoms with Gasteiger partial charge in [0.25, 0.3) is 11.8 Å². The molecule has 0 bridgehead atoms. The van der Waals surface area contributed by atoms with Crippen LogP contribution in [0.25, 0.3) is 0 Å². The van der Waals surface area contributed by atoms with Crippen molar-refractivity contribution in [1.29, 1.82) is 0 Å². The van der Waals surface area contributed by atoms with Crippen LogP contribution in [0.3, 0.4) is 0 Å². The molecule has 31 heavy (non-hydrogen) atoms. The maximum absolute atomic E-state index is 12.3. The van der Waals surface area contributed by atoms with Crippen LogP contribution in [0.15, 0.2) is 48.5 Å². The highest BCUT2D eigenvalue weighted by molar-refractivity contribution is 7.80. The van der Waals surface area contributed by atoms with E-state index in [4.69, 9.17) is 12.2 Å². The lowest BCUT2D eigenvalue weighted by molar-refractivity contribution is -0.116. The zero-order chi connectivity index (χ0) is 23.0. The fraction of sp³-hybridized carbons (Fsp3) is 0.304. The van der Waals surface area contributed by atoms with Crippen LogP contribution in [-0.4, -0.2) is 22.8 Å². The molecule has 0 aliphatic carbocycles. The van der Waals surface area contributed by atoms with Crippen molar-refractivity contribution < 1.29 is 14.4 Å². The third-order valence-corrected chi connectivity index (χ3v) is 4.64. The van der Waals surface area contributed by atoms with E-state index >= 15 is 0 Å². The molecule has 4 N–H and O–H groups in total. The van der Waals surface area contributed by atoms with Gasteiger partial charge in [-0.2, -0.15) is 0 Å². The topological polar surface area (TPSA) is 99.3 Å². The Morgan fingerprint density at radius 2 is 1.39 bits per heavy atom. The van der Waals surface area contributed by atoms with Gasteiger partial charge in [0, 0.05) is 23.2 Å². The molecular formula is C23H28N4O3S. The van der Waals surface area contributed by atoms with E-state index in [0.717, 1.165) is 12.0 Å². The Hall–Kier alpha value is -3.26. The second kappa shape index (κ2) is 10.7. The Kier molecular flexibility index (Phi) is 8.27. The van der Waals surface area contributed by atoms with Gasteiger partial charge in [0.2, 0.25) is 5.91 Å². The molecule has 164 valence electrons. The van der Waals surface area contributed by atoms with Gasteiger partial charge in [-0.25, -0.2) is 0 Å². The molecule has 2 aromatic rings. The first-order valence-corrected chi connectivity index (χ1v) is 10.4. The number of amides is 3. The molecule has 0 unspecified atom stereocenters. The molecule has 3 amide bonds. The van der Waals surface area contributed by atoms with Gasteiger partial charge in [-0.05, 0) is 66.0 Å². The normalized spacial score (nSPS) is 10.7. The van der Waals surface area contributed by atoms with Crippen molar-refractivity contribution in [2.75, 3.05) is 5.32 Å². The Morgan fingerprint density at radius 3 is 1.94 bits per heavy atom. The highest BCUT2D eigenvalue weighted by Crippen LogP contribution is 2.22. The number of carbonyl (C=O) groups excluding carboxylic acids is 3. The molecule has 0 aliphatic heterocycles. The number of nitrogens with one attached hydrogen (secondary N) is 4. The monoisotopic (exact) mass is 440 g/mol. The second-order valence-corrected chi connectivity index (χ2v) is 8.47. The van der Waals surface area contributed by atoms with E-state index in [9.17, 15) is 14.4 Å². The van der Waals surface area contributed by atoms with Crippen molar-refractivity contribution in [2.24, 2.45) is 0 Å². The minimum atomic E-state index is -0.433. The van der Waals surface area contributed by atoms with Crippen molar-refractivity contribution in [1.82, 2.24) is 16.2 Å². The summed E-state index contributed by atoms with van der Waals surface area (Å²) in [5.74, 6) is -0.882. The molecule has 0 radical (unpaired) electrons. The molecule has 0 aromatic heterocycles. The Morgan fingerprint density at radius 1 is 0.839 bits per heavy atom. The van der Waals surface area contributed by atoms with Crippen LogP contribution in [-0.2, 0) is 10.2 Å². The summed E-state index contributed by atoms with van der Waals surface area (Å²) in [5.41, 5.74) is 7.50. The SMILES string of the molecule is CCCC(=O)Nc1ccc(C(=O)NNC(=S)NC(=O)c2ccc(C(C)(C)C)cc2)cc1. The molecule has 0 aliphatic rings. The number of carbonyl (C=O) groups is 3. The summed E-state index contributed by atoms with van der Waals surface area (Å²) in [6, 6.07) is 13.7. The molecule has 0 atom stereocenters. The predicted octanol–water partition coefficient (Wildman–Crippen LogP) is 3.67. The number of hydrogen-bond acceptors (Lipinski definition) is 4. The first-order chi connectivity index (χ1) is 14.6. The molecule has 0 spiro atoms. The number of hydrogen-bond donors (Lipinski definition) is 4. The highest BCUT2D eigenvalue weighted by atomic mass is 32.1. The van der Waals surface area contributed by atoms with Crippen molar-refractivity contribution in [3.8, 4) is 0 Å². The van der Waals surface area contributed by atoms with Gasteiger partial charge in [0.15, 0.2) is 5.11 Å². The maximum Gasteiger partial charge on any atom is 0.269 e. The van der Waals surface area contributed by atoms with E-state index in [1.54, 1.807) is 36.4 Å². The lowest BCUT2D eigenvalue weighted by Gasteiger charge is -2.19. The molecule has 7 nitrogen and oxygen atoms in total. The van der Waals surface area contributed by atoms with Crippen LogP contribution in [0, 0.1) is 0 Å². The minimum Gasteiger partial charge on any atom is -0.326 e. The van der Waals surface area contributed by atoms with Gasteiger partial charge in [-0.1, -0.05) is 39.8 Å². The second-order valence-electron chi connectivity index (χ2n) is 8.07. The number of hydrazine groups is 1. The van der Waals surface area contributed by atoms with E-state index in [1.807, 2.05) is 19.1 Å². The third kappa shape index (κ3) is 7.49. The summed E-state index contributed by atoms with van der Waals surface area (Å²) < 4.78 is 0. The molecule has 8 heteroatoms. The molecular weight excluding hydrogens is 412 g/mol. The lowest BCUT2D eigenvalue weighted by Crippen LogP contribution is -2.48. The van der Waals surface area contributed by atoms with Gasteiger partial charge in [-0.15, -0.1) is 0 Å². The fourth-order valence-corrected chi connectivity index (χ4v) is 2.81. The Balaban J connectivity index is 1.84. The van der Waals surface area contributed by atoms with Crippen LogP contribution < -0.4 is 21.5 Å². The third-order valence-electron chi connectivity index (χ3n) is 4.44. The van der Waals surface area contributed by atoms with Crippen LogP contribution in [0.2, 0.25) is 0 Å². The summed E-state index contributed by atoms with van der Waals surface area (Å²) in [6.07, 6.45) is 1.20. The van der Waals surface area contributed by atoms with Crippen LogP contribution in [0.1, 0.15) is 66.8 Å². The first kappa shape index (κ1) is 24.0. The molecule has 0 fully saturated rings. The Labute approximate surface area is 188 Å². The van der Waals surface area contributed by atoms with Crippen LogP contribution >= 0.6 is 12.2 Å². The van der Waals surface area contributed by atoms with Gasteiger partial charge in [0.05, 0.1) is 0 Å². The van der Waals surface area contributed by atoms with Gasteiger partial charge in [0.1, 0.15) is 0 Å². The van der Waals surface area contributed by atoms with Crippen molar-refractivity contribution in [3.63, 3.8) is 0 Å². The fourth-order valence-electron chi connectivity index (χ4n) is 2.67. The van der Waals surface area contributed by atoms with Crippen LogP contribution in [0.4, 0.5) is 5.69 Å². The quantitative estimate of drug-likeness (QED) is 0.420. The van der Waals surface area contributed by atoms with E-state index < -0.39 is 5.91 Å². The largest absolute Gasteiger partial charge is 0.326 e. The number of thiocarbonyl (C=S) groups is 1. The summed E-state index contributed by atoms with van der Waals surface area (Å²) in [7, 11) is 0. The molecule has 0 heterocycles. The van der Waals surface area contributed by atoms with E-state index in [1.165, 1.54) is 0 Å². The minimum absolute atomic E-state index is 0.00452. The number of benzene rings is 2. The first-order valence-electron chi connectivity index (χ1n) is 10.0. The lowest BCUT2D eigenvalue weighted by atomic mass is 9.87. The van der Waals surface area contributed by atoms with Crippen molar-refractivity contribution >= 4 is 40.7 Å². The summed E-state index contributed by atoms with van der Waals surface area (Å²) >= 11 is 5.07. The maximum atomic E-state index is 12.3. The van der Waals surface area contributed by atoms with Crippen molar-refractivity contribution in [3.05, 3.63) is 65.2 Å². The standard InChI is InChI=1S/C23H28N4O3S/c1-5-6-19(28)24-18-13-9-16(10-14-18)21(30)26-27-22(31)25-20(29)15-7-11-17(12-8-15)23(2,3)4/h7-14H,5-6H2,1-4H3,(H,24,28)(H,26,30)(H2,25,27,29,31). The molecule has 0 saturated heterocycles. The van der Waals surface area contributed by atoms with Crippen molar-refractivity contribution in [2.45, 2.75) is 46.0 Å². The van der Waals surface area contributed by atoms with E-state index in [2.05, 4.69) is 42.3 Å². The molecule has 2 aromatic carbocycles. The number of anilines is 1. The molecule has 0 saturated carbocycles. The average Bonchev–Trinajstić information content (AvgIpc) is 2.72. The summed E-state index contributed by atoms with van der Waals surface area (Å²) in [6.45, 7) is 8.22. The number of rotatable bonds is 5. The summed E-state index contributed by atoms with van der Waals surface area (Å²) in [5, 5.41) is 5.25. The predicted molar refractivity (Wildman–Crippen MR) is 126 cm³/mol. The van der Waals surface area contributed by atoms with E-state index in [-0.39, 0.29) is 22.3 Å². The zero-order valence-corrected chi connectivity index (χ0v) is 19.0. The van der Waals surface area contributed by atoms with Gasteiger partial charge < -0.3 is 5.32 Å². The zero-order valence-electron chi connectivity index (χ0n) is 18.2. The van der Waals surface area contributed by atoms with Gasteiger partial charge >= 0.3 is 0 Å². The van der Waals surface area contributed by atoms with Gasteiger partial charge in [-0.3, -0.25) is 30.6 Å². The highest BCUT2D eigenvalue weighted by Gasteiger charge is 2.15. The average molecular weight is 441 g/mol.